The number of aliphatic imine (C=N–C) groups is 1. The van der Waals surface area contributed by atoms with Crippen LogP contribution in [0.15, 0.2) is 57.1 Å². The van der Waals surface area contributed by atoms with E-state index in [1.54, 1.807) is 18.1 Å². The number of aliphatic hydroxyl groups excluding tert-OH is 1. The van der Waals surface area contributed by atoms with Gasteiger partial charge in [0.25, 0.3) is 0 Å². The van der Waals surface area contributed by atoms with E-state index in [0.29, 0.717) is 6.54 Å². The maximum absolute atomic E-state index is 10.5. The lowest BCUT2D eigenvalue weighted by Gasteiger charge is -2.22. The van der Waals surface area contributed by atoms with Crippen molar-refractivity contribution in [2.45, 2.75) is 23.6 Å². The number of nitrogens with zero attached hydrogens (tertiary/aromatic N) is 2. The van der Waals surface area contributed by atoms with Gasteiger partial charge in [0.15, 0.2) is 0 Å². The largest absolute Gasteiger partial charge is 0.391 e. The van der Waals surface area contributed by atoms with Crippen LogP contribution in [0.5, 0.6) is 0 Å². The Balaban J connectivity index is 1.32. The van der Waals surface area contributed by atoms with Crippen molar-refractivity contribution in [1.29, 1.82) is 0 Å². The SMILES string of the molecule is NC1N=CNC2=C1CC=C2CN1CC(O)C(CSc2ccc(Cl)cc2)C1. The van der Waals surface area contributed by atoms with Gasteiger partial charge >= 0.3 is 0 Å². The molecule has 0 bridgehead atoms. The van der Waals surface area contributed by atoms with Crippen LogP contribution < -0.4 is 11.1 Å². The summed E-state index contributed by atoms with van der Waals surface area (Å²) in [6, 6.07) is 7.88. The quantitative estimate of drug-likeness (QED) is 0.672. The molecule has 4 rings (SSSR count). The molecule has 1 aliphatic carbocycles. The average Bonchev–Trinajstić information content (AvgIpc) is 3.19. The maximum Gasteiger partial charge on any atom is 0.123 e. The highest BCUT2D eigenvalue weighted by atomic mass is 35.5. The molecule has 0 aromatic heterocycles. The van der Waals surface area contributed by atoms with Gasteiger partial charge in [0.05, 0.1) is 12.4 Å². The molecule has 0 radical (unpaired) electrons. The number of halogens is 1. The van der Waals surface area contributed by atoms with Gasteiger partial charge in [-0.25, -0.2) is 0 Å². The number of benzene rings is 1. The van der Waals surface area contributed by atoms with Crippen molar-refractivity contribution < 1.29 is 5.11 Å². The topological polar surface area (TPSA) is 73.9 Å². The van der Waals surface area contributed by atoms with Crippen LogP contribution in [0.1, 0.15) is 6.42 Å². The number of thioether (sulfide) groups is 1. The van der Waals surface area contributed by atoms with E-state index in [4.69, 9.17) is 17.3 Å². The minimum absolute atomic E-state index is 0.229. The van der Waals surface area contributed by atoms with Crippen LogP contribution >= 0.6 is 23.4 Å². The van der Waals surface area contributed by atoms with E-state index in [1.807, 2.05) is 24.3 Å². The molecule has 5 nitrogen and oxygen atoms in total. The van der Waals surface area contributed by atoms with Crippen molar-refractivity contribution in [3.05, 3.63) is 52.2 Å². The molecule has 138 valence electrons. The summed E-state index contributed by atoms with van der Waals surface area (Å²) in [6.45, 7) is 2.46. The fraction of sp³-hybridized carbons (Fsp3) is 0.421. The second-order valence-corrected chi connectivity index (χ2v) is 8.52. The fourth-order valence-corrected chi connectivity index (χ4v) is 4.91. The number of hydrogen-bond donors (Lipinski definition) is 3. The summed E-state index contributed by atoms with van der Waals surface area (Å²) < 4.78 is 0. The van der Waals surface area contributed by atoms with Crippen molar-refractivity contribution in [3.63, 3.8) is 0 Å². The number of aliphatic hydroxyl groups is 1. The Morgan fingerprint density at radius 1 is 1.31 bits per heavy atom. The summed E-state index contributed by atoms with van der Waals surface area (Å²) in [4.78, 5) is 7.73. The normalized spacial score (nSPS) is 28.3. The van der Waals surface area contributed by atoms with Gasteiger partial charge in [0.2, 0.25) is 0 Å². The van der Waals surface area contributed by atoms with E-state index in [2.05, 4.69) is 21.3 Å². The molecule has 3 unspecified atom stereocenters. The zero-order valence-electron chi connectivity index (χ0n) is 14.4. The van der Waals surface area contributed by atoms with Crippen molar-refractivity contribution in [3.8, 4) is 0 Å². The van der Waals surface area contributed by atoms with Gasteiger partial charge in [-0.3, -0.25) is 9.89 Å². The number of hydrogen-bond acceptors (Lipinski definition) is 6. The number of likely N-dealkylation sites (tertiary alicyclic amines) is 1. The minimum Gasteiger partial charge on any atom is -0.391 e. The molecule has 3 aliphatic rings. The second kappa shape index (κ2) is 7.74. The number of rotatable bonds is 5. The molecule has 1 aromatic carbocycles. The lowest BCUT2D eigenvalue weighted by atomic mass is 10.1. The summed E-state index contributed by atoms with van der Waals surface area (Å²) in [5.41, 5.74) is 9.60. The molecule has 3 atom stereocenters. The first-order chi connectivity index (χ1) is 12.6. The van der Waals surface area contributed by atoms with Gasteiger partial charge in [0.1, 0.15) is 6.17 Å². The third-order valence-corrected chi connectivity index (χ3v) is 6.62. The summed E-state index contributed by atoms with van der Waals surface area (Å²) in [7, 11) is 0. The van der Waals surface area contributed by atoms with Crippen LogP contribution in [0.2, 0.25) is 5.02 Å². The smallest absolute Gasteiger partial charge is 0.123 e. The van der Waals surface area contributed by atoms with E-state index >= 15 is 0 Å². The average molecular weight is 391 g/mol. The van der Waals surface area contributed by atoms with Crippen molar-refractivity contribution in [2.24, 2.45) is 16.6 Å². The molecule has 1 saturated heterocycles. The van der Waals surface area contributed by atoms with E-state index in [0.717, 1.165) is 41.6 Å². The first kappa shape index (κ1) is 18.1. The van der Waals surface area contributed by atoms with Gasteiger partial charge in [-0.1, -0.05) is 17.7 Å². The highest BCUT2D eigenvalue weighted by Gasteiger charge is 2.33. The Labute approximate surface area is 163 Å². The van der Waals surface area contributed by atoms with Crippen molar-refractivity contribution in [1.82, 2.24) is 10.2 Å². The van der Waals surface area contributed by atoms with E-state index < -0.39 is 0 Å². The third-order valence-electron chi connectivity index (χ3n) is 5.17. The molecule has 2 heterocycles. The summed E-state index contributed by atoms with van der Waals surface area (Å²) in [5, 5.41) is 14.5. The Kier molecular flexibility index (Phi) is 5.38. The number of nitrogens with two attached hydrogens (primary N) is 1. The molecule has 1 fully saturated rings. The van der Waals surface area contributed by atoms with E-state index in [9.17, 15) is 5.11 Å². The zero-order valence-corrected chi connectivity index (χ0v) is 16.0. The highest BCUT2D eigenvalue weighted by Crippen LogP contribution is 2.31. The first-order valence-electron chi connectivity index (χ1n) is 8.85. The van der Waals surface area contributed by atoms with Gasteiger partial charge < -0.3 is 16.2 Å². The molecule has 26 heavy (non-hydrogen) atoms. The molecular formula is C19H23ClN4OS. The molecular weight excluding hydrogens is 368 g/mol. The number of β-amino-alcohol motifs (C(OH)–C–C–N with tert-alkyl or cyclic N) is 1. The number of nitrogens with one attached hydrogen (secondary N) is 1. The fourth-order valence-electron chi connectivity index (χ4n) is 3.72. The van der Waals surface area contributed by atoms with Crippen molar-refractivity contribution in [2.75, 3.05) is 25.4 Å². The monoisotopic (exact) mass is 390 g/mol. The molecule has 7 heteroatoms. The first-order valence-corrected chi connectivity index (χ1v) is 10.2. The van der Waals surface area contributed by atoms with E-state index in [1.165, 1.54) is 10.5 Å². The summed E-state index contributed by atoms with van der Waals surface area (Å²) in [6.07, 6.45) is 4.27. The van der Waals surface area contributed by atoms with Gasteiger partial charge in [-0.2, -0.15) is 0 Å². The minimum atomic E-state index is -0.284. The Hall–Kier alpha value is -1.31. The zero-order chi connectivity index (χ0) is 18.1. The van der Waals surface area contributed by atoms with Crippen LogP contribution in [-0.4, -0.2) is 54.0 Å². The lowest BCUT2D eigenvalue weighted by molar-refractivity contribution is 0.151. The molecule has 4 N–H and O–H groups in total. The maximum atomic E-state index is 10.5. The predicted molar refractivity (Wildman–Crippen MR) is 107 cm³/mol. The van der Waals surface area contributed by atoms with Crippen LogP contribution in [0, 0.1) is 5.92 Å². The van der Waals surface area contributed by atoms with Gasteiger partial charge in [0, 0.05) is 46.9 Å². The van der Waals surface area contributed by atoms with Gasteiger partial charge in [-0.15, -0.1) is 11.8 Å². The van der Waals surface area contributed by atoms with Crippen LogP contribution in [0.3, 0.4) is 0 Å². The molecule has 0 saturated carbocycles. The molecule has 0 spiro atoms. The van der Waals surface area contributed by atoms with Gasteiger partial charge in [-0.05, 0) is 41.8 Å². The second-order valence-electron chi connectivity index (χ2n) is 6.99. The third kappa shape index (κ3) is 3.85. The highest BCUT2D eigenvalue weighted by molar-refractivity contribution is 7.99. The standard InChI is InChI=1S/C19H23ClN4OS/c20-14-2-4-15(5-3-14)26-10-13-8-24(9-17(13)25)7-12-1-6-16-18(12)22-11-23-19(16)21/h1-5,11,13,17,19,25H,6-10,21H2,(H,22,23). The predicted octanol–water partition coefficient (Wildman–Crippen LogP) is 2.23. The molecule has 0 amide bonds. The van der Waals surface area contributed by atoms with Crippen LogP contribution in [0.4, 0.5) is 0 Å². The summed E-state index contributed by atoms with van der Waals surface area (Å²) in [5.74, 6) is 1.18. The molecule has 2 aliphatic heterocycles. The molecule has 1 aromatic rings. The lowest BCUT2D eigenvalue weighted by Crippen LogP contribution is -2.32. The Bertz CT molecular complexity index is 761. The Morgan fingerprint density at radius 2 is 2.12 bits per heavy atom. The van der Waals surface area contributed by atoms with E-state index in [-0.39, 0.29) is 18.2 Å². The summed E-state index contributed by atoms with van der Waals surface area (Å²) >= 11 is 7.71. The van der Waals surface area contributed by atoms with Crippen LogP contribution in [0.25, 0.3) is 0 Å². The van der Waals surface area contributed by atoms with Crippen molar-refractivity contribution >= 4 is 29.7 Å². The van der Waals surface area contributed by atoms with Crippen LogP contribution in [-0.2, 0) is 0 Å². The Morgan fingerprint density at radius 3 is 2.92 bits per heavy atom. The number of allylic oxidation sites excluding steroid dienone is 1.